The molecule has 0 radical (unpaired) electrons. The molecule has 0 unspecified atom stereocenters. The van der Waals surface area contributed by atoms with E-state index in [0.717, 1.165) is 16.4 Å². The Labute approximate surface area is 121 Å². The fourth-order valence-corrected chi connectivity index (χ4v) is 2.83. The Hall–Kier alpha value is -1.80. The lowest BCUT2D eigenvalue weighted by atomic mass is 10.1. The van der Waals surface area contributed by atoms with E-state index in [9.17, 15) is 0 Å². The summed E-state index contributed by atoms with van der Waals surface area (Å²) in [5.41, 5.74) is 3.71. The van der Waals surface area contributed by atoms with E-state index in [1.807, 2.05) is 12.1 Å². The third kappa shape index (κ3) is 2.64. The zero-order chi connectivity index (χ0) is 13.1. The van der Waals surface area contributed by atoms with Crippen LogP contribution in [-0.4, -0.2) is 4.98 Å². The molecular formula is C17H14BrN. The molecule has 0 spiro atoms. The molecule has 0 amide bonds. The Kier molecular flexibility index (Phi) is 3.51. The first-order valence-electron chi connectivity index (χ1n) is 6.30. The molecule has 0 aliphatic carbocycles. The van der Waals surface area contributed by atoms with Gasteiger partial charge in [-0.1, -0.05) is 64.5 Å². The first-order valence-corrected chi connectivity index (χ1v) is 7.10. The zero-order valence-electron chi connectivity index (χ0n) is 10.4. The number of nitrogens with one attached hydrogen (secondary N) is 1. The van der Waals surface area contributed by atoms with E-state index < -0.39 is 0 Å². The summed E-state index contributed by atoms with van der Waals surface area (Å²) in [5, 5.41) is 1.24. The molecule has 0 atom stereocenters. The minimum Gasteiger partial charge on any atom is -0.361 e. The molecule has 0 aliphatic rings. The van der Waals surface area contributed by atoms with Gasteiger partial charge in [-0.05, 0) is 24.1 Å². The maximum absolute atomic E-state index is 3.61. The van der Waals surface area contributed by atoms with E-state index >= 15 is 0 Å². The van der Waals surface area contributed by atoms with Gasteiger partial charge < -0.3 is 4.98 Å². The molecule has 3 aromatic rings. The second-order valence-electron chi connectivity index (χ2n) is 4.50. The Bertz CT molecular complexity index is 710. The fraction of sp³-hybridized carbons (Fsp3) is 0.0588. The van der Waals surface area contributed by atoms with Crippen LogP contribution in [0.2, 0.25) is 0 Å². The van der Waals surface area contributed by atoms with Gasteiger partial charge in [-0.2, -0.15) is 0 Å². The molecule has 0 fully saturated rings. The molecule has 3 rings (SSSR count). The smallest absolute Gasteiger partial charge is 0.0471 e. The van der Waals surface area contributed by atoms with Gasteiger partial charge in [0.2, 0.25) is 0 Å². The minimum absolute atomic E-state index is 0.956. The van der Waals surface area contributed by atoms with Crippen molar-refractivity contribution in [2.24, 2.45) is 0 Å². The number of hydrogen-bond donors (Lipinski definition) is 1. The average molecular weight is 312 g/mol. The number of halogens is 1. The van der Waals surface area contributed by atoms with E-state index in [1.165, 1.54) is 16.5 Å². The Morgan fingerprint density at radius 2 is 1.84 bits per heavy atom. The molecule has 1 heterocycles. The van der Waals surface area contributed by atoms with E-state index in [0.29, 0.717) is 0 Å². The van der Waals surface area contributed by atoms with Crippen LogP contribution >= 0.6 is 15.9 Å². The highest BCUT2D eigenvalue weighted by molar-refractivity contribution is 9.10. The van der Waals surface area contributed by atoms with Gasteiger partial charge in [0.15, 0.2) is 0 Å². The summed E-state index contributed by atoms with van der Waals surface area (Å²) >= 11 is 3.61. The maximum Gasteiger partial charge on any atom is 0.0471 e. The van der Waals surface area contributed by atoms with Crippen molar-refractivity contribution >= 4 is 32.9 Å². The molecule has 0 bridgehead atoms. The van der Waals surface area contributed by atoms with Crippen molar-refractivity contribution < 1.29 is 0 Å². The van der Waals surface area contributed by atoms with Crippen molar-refractivity contribution in [3.05, 3.63) is 76.4 Å². The third-order valence-electron chi connectivity index (χ3n) is 3.18. The molecule has 1 N–H and O–H groups in total. The molecule has 0 saturated heterocycles. The zero-order valence-corrected chi connectivity index (χ0v) is 12.0. The number of H-pyrrole nitrogens is 1. The average Bonchev–Trinajstić information content (AvgIpc) is 2.85. The second-order valence-corrected chi connectivity index (χ2v) is 5.35. The SMILES string of the molecule is Brc1cccc2[nH]cc(/C=C/Cc3ccccc3)c12. The number of rotatable bonds is 3. The van der Waals surface area contributed by atoms with Gasteiger partial charge in [-0.25, -0.2) is 0 Å². The normalized spacial score (nSPS) is 11.4. The first kappa shape index (κ1) is 12.2. The minimum atomic E-state index is 0.956. The van der Waals surface area contributed by atoms with Crippen LogP contribution in [0.3, 0.4) is 0 Å². The molecule has 0 saturated carbocycles. The molecular weight excluding hydrogens is 298 g/mol. The van der Waals surface area contributed by atoms with Gasteiger partial charge in [0.25, 0.3) is 0 Å². The van der Waals surface area contributed by atoms with Crippen molar-refractivity contribution in [3.8, 4) is 0 Å². The highest BCUT2D eigenvalue weighted by atomic mass is 79.9. The van der Waals surface area contributed by atoms with Gasteiger partial charge in [0, 0.05) is 27.1 Å². The summed E-state index contributed by atoms with van der Waals surface area (Å²) < 4.78 is 1.13. The summed E-state index contributed by atoms with van der Waals surface area (Å²) in [6.45, 7) is 0. The van der Waals surface area contributed by atoms with E-state index in [-0.39, 0.29) is 0 Å². The molecule has 94 valence electrons. The topological polar surface area (TPSA) is 15.8 Å². The fourth-order valence-electron chi connectivity index (χ4n) is 2.23. The Morgan fingerprint density at radius 3 is 2.68 bits per heavy atom. The van der Waals surface area contributed by atoms with Crippen LogP contribution in [0.1, 0.15) is 11.1 Å². The maximum atomic E-state index is 3.61. The van der Waals surface area contributed by atoms with Crippen LogP contribution in [0.4, 0.5) is 0 Å². The van der Waals surface area contributed by atoms with Gasteiger partial charge >= 0.3 is 0 Å². The monoisotopic (exact) mass is 311 g/mol. The summed E-state index contributed by atoms with van der Waals surface area (Å²) in [4.78, 5) is 3.30. The predicted molar refractivity (Wildman–Crippen MR) is 85.2 cm³/mol. The first-order chi connectivity index (χ1) is 9.34. The highest BCUT2D eigenvalue weighted by Crippen LogP contribution is 2.27. The number of benzene rings is 2. The van der Waals surface area contributed by atoms with Crippen molar-refractivity contribution in [3.63, 3.8) is 0 Å². The van der Waals surface area contributed by atoms with E-state index in [1.54, 1.807) is 0 Å². The van der Waals surface area contributed by atoms with Crippen molar-refractivity contribution in [1.29, 1.82) is 0 Å². The van der Waals surface area contributed by atoms with Crippen LogP contribution in [0.15, 0.2) is 65.3 Å². The lowest BCUT2D eigenvalue weighted by molar-refractivity contribution is 1.28. The van der Waals surface area contributed by atoms with Gasteiger partial charge in [-0.3, -0.25) is 0 Å². The molecule has 1 nitrogen and oxygen atoms in total. The second kappa shape index (κ2) is 5.45. The van der Waals surface area contributed by atoms with Gasteiger partial charge in [0.05, 0.1) is 0 Å². The largest absolute Gasteiger partial charge is 0.361 e. The van der Waals surface area contributed by atoms with E-state index in [2.05, 4.69) is 75.7 Å². The molecule has 0 aliphatic heterocycles. The van der Waals surface area contributed by atoms with Crippen LogP contribution in [0.5, 0.6) is 0 Å². The number of fused-ring (bicyclic) bond motifs is 1. The van der Waals surface area contributed by atoms with Crippen molar-refractivity contribution in [2.45, 2.75) is 6.42 Å². The Balaban J connectivity index is 1.86. The van der Waals surface area contributed by atoms with Crippen LogP contribution in [0.25, 0.3) is 17.0 Å². The summed E-state index contributed by atoms with van der Waals surface area (Å²) in [7, 11) is 0. The lowest BCUT2D eigenvalue weighted by Crippen LogP contribution is -1.78. The summed E-state index contributed by atoms with van der Waals surface area (Å²) in [6.07, 6.45) is 7.39. The van der Waals surface area contributed by atoms with Crippen LogP contribution < -0.4 is 0 Å². The molecule has 19 heavy (non-hydrogen) atoms. The lowest BCUT2D eigenvalue weighted by Gasteiger charge is -1.97. The summed E-state index contributed by atoms with van der Waals surface area (Å²) in [6, 6.07) is 16.7. The highest BCUT2D eigenvalue weighted by Gasteiger charge is 2.03. The van der Waals surface area contributed by atoms with Crippen molar-refractivity contribution in [2.75, 3.05) is 0 Å². The van der Waals surface area contributed by atoms with Gasteiger partial charge in [0.1, 0.15) is 0 Å². The van der Waals surface area contributed by atoms with Crippen LogP contribution in [0, 0.1) is 0 Å². The molecule has 2 aromatic carbocycles. The quantitative estimate of drug-likeness (QED) is 0.685. The van der Waals surface area contributed by atoms with Gasteiger partial charge in [-0.15, -0.1) is 0 Å². The Morgan fingerprint density at radius 1 is 1.00 bits per heavy atom. The van der Waals surface area contributed by atoms with Crippen LogP contribution in [-0.2, 0) is 6.42 Å². The third-order valence-corrected chi connectivity index (χ3v) is 3.84. The standard InChI is InChI=1S/C17H14BrN/c18-15-10-5-11-16-17(15)14(12-19-16)9-4-8-13-6-2-1-3-7-13/h1-7,9-12,19H,8H2/b9-4+. The molecule has 1 aromatic heterocycles. The number of allylic oxidation sites excluding steroid dienone is 1. The number of hydrogen-bond acceptors (Lipinski definition) is 0. The molecule has 2 heteroatoms. The van der Waals surface area contributed by atoms with E-state index in [4.69, 9.17) is 0 Å². The number of aromatic nitrogens is 1. The predicted octanol–water partition coefficient (Wildman–Crippen LogP) is 5.19. The number of aromatic amines is 1. The summed E-state index contributed by atoms with van der Waals surface area (Å²) in [5.74, 6) is 0. The van der Waals surface area contributed by atoms with Crippen molar-refractivity contribution in [1.82, 2.24) is 4.98 Å².